The van der Waals surface area contributed by atoms with Gasteiger partial charge in [0, 0.05) is 31.3 Å². The molecule has 0 heterocycles. The zero-order valence-corrected chi connectivity index (χ0v) is 17.3. The lowest BCUT2D eigenvalue weighted by molar-refractivity contribution is -0.125. The molecule has 0 aliphatic carbocycles. The fourth-order valence-electron chi connectivity index (χ4n) is 2.81. The van der Waals surface area contributed by atoms with Crippen LogP contribution < -0.4 is 16.0 Å². The van der Waals surface area contributed by atoms with E-state index in [-0.39, 0.29) is 35.6 Å². The summed E-state index contributed by atoms with van der Waals surface area (Å²) in [7, 11) is 1.76. The maximum atomic E-state index is 12.2. The van der Waals surface area contributed by atoms with Gasteiger partial charge in [-0.2, -0.15) is 0 Å². The summed E-state index contributed by atoms with van der Waals surface area (Å²) in [6.45, 7) is 5.93. The summed E-state index contributed by atoms with van der Waals surface area (Å²) in [6.07, 6.45) is 6.06. The van der Waals surface area contributed by atoms with Gasteiger partial charge in [-0.3, -0.25) is 9.59 Å². The van der Waals surface area contributed by atoms with E-state index in [0.29, 0.717) is 32.2 Å². The van der Waals surface area contributed by atoms with E-state index in [1.807, 2.05) is 13.8 Å². The summed E-state index contributed by atoms with van der Waals surface area (Å²) < 4.78 is 0. The third kappa shape index (κ3) is 12.3. The van der Waals surface area contributed by atoms with E-state index >= 15 is 0 Å². The number of carbonyl (C=O) groups excluding carboxylic acids is 4. The van der Waals surface area contributed by atoms with E-state index in [1.54, 1.807) is 7.05 Å². The molecule has 0 aromatic carbocycles. The van der Waals surface area contributed by atoms with Crippen LogP contribution in [0.5, 0.6) is 0 Å². The molecule has 3 N–H and O–H groups in total. The normalized spacial score (nSPS) is 14.1. The van der Waals surface area contributed by atoms with Gasteiger partial charge in [0.1, 0.15) is 12.1 Å². The van der Waals surface area contributed by atoms with E-state index < -0.39 is 0 Å². The zero-order valence-electron chi connectivity index (χ0n) is 17.3. The first kappa shape index (κ1) is 25.2. The molecule has 0 fully saturated rings. The fourth-order valence-corrected chi connectivity index (χ4v) is 2.81. The molecule has 0 saturated heterocycles. The maximum absolute atomic E-state index is 12.2. The molecule has 0 rings (SSSR count). The third-order valence-electron chi connectivity index (χ3n) is 4.63. The van der Waals surface area contributed by atoms with Crippen molar-refractivity contribution in [2.24, 2.45) is 5.92 Å². The number of Topliss-reactive ketones (excluding diaryl/α,β-unsaturated/α-hetero) is 1. The van der Waals surface area contributed by atoms with Crippen LogP contribution in [0.2, 0.25) is 0 Å². The van der Waals surface area contributed by atoms with Gasteiger partial charge in [0.2, 0.25) is 11.8 Å². The summed E-state index contributed by atoms with van der Waals surface area (Å²) >= 11 is 0. The molecule has 0 bridgehead atoms. The average molecular weight is 384 g/mol. The molecule has 7 nitrogen and oxygen atoms in total. The van der Waals surface area contributed by atoms with Gasteiger partial charge in [-0.15, -0.1) is 0 Å². The first-order valence-electron chi connectivity index (χ1n) is 10.0. The quantitative estimate of drug-likeness (QED) is 0.278. The van der Waals surface area contributed by atoms with Crippen molar-refractivity contribution in [3.63, 3.8) is 0 Å². The smallest absolute Gasteiger partial charge is 0.237 e. The second-order valence-electron chi connectivity index (χ2n) is 7.17. The topological polar surface area (TPSA) is 104 Å². The second-order valence-corrected chi connectivity index (χ2v) is 7.17. The minimum atomic E-state index is -0.236. The van der Waals surface area contributed by atoms with E-state index in [0.717, 1.165) is 32.0 Å². The summed E-state index contributed by atoms with van der Waals surface area (Å²) in [5.41, 5.74) is 0. The van der Waals surface area contributed by atoms with Crippen LogP contribution >= 0.6 is 0 Å². The highest BCUT2D eigenvalue weighted by molar-refractivity contribution is 5.82. The van der Waals surface area contributed by atoms with Gasteiger partial charge in [0.05, 0.1) is 6.04 Å². The van der Waals surface area contributed by atoms with Gasteiger partial charge in [0.25, 0.3) is 0 Å². The number of ketones is 1. The molecule has 3 unspecified atom stereocenters. The first-order chi connectivity index (χ1) is 12.8. The largest absolute Gasteiger partial charge is 0.356 e. The van der Waals surface area contributed by atoms with Crippen LogP contribution in [0, 0.1) is 5.92 Å². The van der Waals surface area contributed by atoms with Crippen molar-refractivity contribution in [1.29, 1.82) is 0 Å². The molecule has 0 spiro atoms. The predicted octanol–water partition coefficient (Wildman–Crippen LogP) is 1.74. The van der Waals surface area contributed by atoms with Crippen LogP contribution in [-0.2, 0) is 19.2 Å². The molecule has 0 aromatic rings. The number of amides is 2. The minimum absolute atomic E-state index is 0.0366. The van der Waals surface area contributed by atoms with Crippen molar-refractivity contribution in [3.8, 4) is 0 Å². The summed E-state index contributed by atoms with van der Waals surface area (Å²) in [4.78, 5) is 46.0. The molecule has 0 aliphatic rings. The lowest BCUT2D eigenvalue weighted by Crippen LogP contribution is -2.46. The van der Waals surface area contributed by atoms with Crippen molar-refractivity contribution in [3.05, 3.63) is 0 Å². The highest BCUT2D eigenvalue weighted by Gasteiger charge is 2.19. The minimum Gasteiger partial charge on any atom is -0.356 e. The van der Waals surface area contributed by atoms with E-state index in [4.69, 9.17) is 0 Å². The standard InChI is InChI=1S/C20H37N3O4/c1-5-8-18(21-4)20(27)23-17(12-14-24)9-6-7-13-22-19(26)15(2)10-11-16(3)25/h14-15,17-18,21H,5-13H2,1-4H3,(H,22,26)(H,23,27). The Morgan fingerprint density at radius 3 is 2.30 bits per heavy atom. The van der Waals surface area contributed by atoms with Crippen LogP contribution in [0.1, 0.15) is 72.1 Å². The number of hydrogen-bond acceptors (Lipinski definition) is 5. The van der Waals surface area contributed by atoms with Crippen molar-refractivity contribution in [2.75, 3.05) is 13.6 Å². The van der Waals surface area contributed by atoms with Crippen LogP contribution in [-0.4, -0.2) is 49.6 Å². The molecular weight excluding hydrogens is 346 g/mol. The molecule has 2 amide bonds. The SMILES string of the molecule is CCCC(NC)C(=O)NC(CC=O)CCCCNC(=O)C(C)CCC(C)=O. The number of carbonyl (C=O) groups is 4. The molecule has 0 aliphatic heterocycles. The Morgan fingerprint density at radius 2 is 1.74 bits per heavy atom. The molecule has 27 heavy (non-hydrogen) atoms. The number of unbranched alkanes of at least 4 members (excludes halogenated alkanes) is 1. The van der Waals surface area contributed by atoms with Crippen LogP contribution in [0.3, 0.4) is 0 Å². The lowest BCUT2D eigenvalue weighted by atomic mass is 10.0. The maximum Gasteiger partial charge on any atom is 0.237 e. The van der Waals surface area contributed by atoms with Crippen molar-refractivity contribution in [2.45, 2.75) is 84.2 Å². The Labute approximate surface area is 163 Å². The van der Waals surface area contributed by atoms with Gasteiger partial charge in [-0.1, -0.05) is 20.3 Å². The second kappa shape index (κ2) is 15.3. The van der Waals surface area contributed by atoms with Gasteiger partial charge in [-0.05, 0) is 46.1 Å². The monoisotopic (exact) mass is 383 g/mol. The highest BCUT2D eigenvalue weighted by Crippen LogP contribution is 2.08. The van der Waals surface area contributed by atoms with Crippen molar-refractivity contribution < 1.29 is 19.2 Å². The Morgan fingerprint density at radius 1 is 1.04 bits per heavy atom. The molecule has 0 radical (unpaired) electrons. The number of likely N-dealkylation sites (N-methyl/N-ethyl adjacent to an activating group) is 1. The van der Waals surface area contributed by atoms with Gasteiger partial charge in [0.15, 0.2) is 0 Å². The molecular formula is C20H37N3O4. The Kier molecular flexibility index (Phi) is 14.3. The molecule has 156 valence electrons. The first-order valence-corrected chi connectivity index (χ1v) is 10.0. The number of aldehydes is 1. The van der Waals surface area contributed by atoms with Crippen LogP contribution in [0.4, 0.5) is 0 Å². The molecule has 0 aromatic heterocycles. The van der Waals surface area contributed by atoms with Gasteiger partial charge < -0.3 is 25.5 Å². The van der Waals surface area contributed by atoms with Crippen molar-refractivity contribution in [1.82, 2.24) is 16.0 Å². The zero-order chi connectivity index (χ0) is 20.7. The lowest BCUT2D eigenvalue weighted by Gasteiger charge is -2.21. The number of rotatable bonds is 16. The van der Waals surface area contributed by atoms with Gasteiger partial charge in [-0.25, -0.2) is 0 Å². The number of nitrogens with one attached hydrogen (secondary N) is 3. The van der Waals surface area contributed by atoms with Gasteiger partial charge >= 0.3 is 0 Å². The van der Waals surface area contributed by atoms with Crippen LogP contribution in [0.15, 0.2) is 0 Å². The van der Waals surface area contributed by atoms with E-state index in [2.05, 4.69) is 16.0 Å². The average Bonchev–Trinajstić information content (AvgIpc) is 2.63. The Hall–Kier alpha value is -1.76. The predicted molar refractivity (Wildman–Crippen MR) is 106 cm³/mol. The number of hydrogen-bond donors (Lipinski definition) is 3. The van der Waals surface area contributed by atoms with E-state index in [9.17, 15) is 19.2 Å². The summed E-state index contributed by atoms with van der Waals surface area (Å²) in [5, 5.41) is 8.82. The summed E-state index contributed by atoms with van der Waals surface area (Å²) in [6, 6.07) is -0.409. The Balaban J connectivity index is 4.14. The van der Waals surface area contributed by atoms with E-state index in [1.165, 1.54) is 6.92 Å². The summed E-state index contributed by atoms with van der Waals surface area (Å²) in [5.74, 6) is -0.186. The van der Waals surface area contributed by atoms with Crippen LogP contribution in [0.25, 0.3) is 0 Å². The Bertz CT molecular complexity index is 468. The molecule has 7 heteroatoms. The fraction of sp³-hybridized carbons (Fsp3) is 0.800. The van der Waals surface area contributed by atoms with Crippen molar-refractivity contribution >= 4 is 23.9 Å². The molecule has 3 atom stereocenters. The molecule has 0 saturated carbocycles. The highest BCUT2D eigenvalue weighted by atomic mass is 16.2. The third-order valence-corrected chi connectivity index (χ3v) is 4.63.